The Kier molecular flexibility index (Phi) is 4.46. The van der Waals surface area contributed by atoms with Crippen molar-refractivity contribution in [1.29, 1.82) is 0 Å². The maximum absolute atomic E-state index is 13.2. The fourth-order valence-corrected chi connectivity index (χ4v) is 3.08. The van der Waals surface area contributed by atoms with Crippen LogP contribution in [0.4, 0.5) is 4.39 Å². The molecule has 1 fully saturated rings. The van der Waals surface area contributed by atoms with Crippen LogP contribution in [-0.2, 0) is 10.3 Å². The zero-order chi connectivity index (χ0) is 17.2. The lowest BCUT2D eigenvalue weighted by Gasteiger charge is -2.33. The molecule has 5 nitrogen and oxygen atoms in total. The fraction of sp³-hybridized carbons (Fsp3) is 0.389. The zero-order valence-electron chi connectivity index (χ0n) is 13.8. The van der Waals surface area contributed by atoms with E-state index in [1.165, 1.54) is 12.1 Å². The summed E-state index contributed by atoms with van der Waals surface area (Å²) in [5.41, 5.74) is 0.338. The first-order valence-corrected chi connectivity index (χ1v) is 7.98. The first-order chi connectivity index (χ1) is 11.5. The molecule has 2 heterocycles. The molecule has 0 bridgehead atoms. The average molecular weight is 329 g/mol. The van der Waals surface area contributed by atoms with Gasteiger partial charge >= 0.3 is 0 Å². The second-order valence-corrected chi connectivity index (χ2v) is 6.19. The predicted molar refractivity (Wildman–Crippen MR) is 87.0 cm³/mol. The van der Waals surface area contributed by atoms with Gasteiger partial charge in [-0.1, -0.05) is 6.07 Å². The number of aryl methyl sites for hydroxylation is 1. The minimum absolute atomic E-state index is 0.134. The van der Waals surface area contributed by atoms with Crippen molar-refractivity contribution in [1.82, 2.24) is 14.9 Å². The Morgan fingerprint density at radius 2 is 2.25 bits per heavy atom. The van der Waals surface area contributed by atoms with Crippen molar-refractivity contribution in [2.45, 2.75) is 32.2 Å². The molecule has 24 heavy (non-hydrogen) atoms. The lowest BCUT2D eigenvalue weighted by molar-refractivity contribution is -0.137. The molecule has 0 saturated carbocycles. The van der Waals surface area contributed by atoms with Crippen molar-refractivity contribution in [3.8, 4) is 5.75 Å². The molecule has 6 heteroatoms. The van der Waals surface area contributed by atoms with Crippen LogP contribution in [0.1, 0.15) is 31.3 Å². The number of carbonyl (C=O) groups excluding carboxylic acids is 1. The number of benzene rings is 1. The van der Waals surface area contributed by atoms with Crippen LogP contribution in [0, 0.1) is 12.7 Å². The Morgan fingerprint density at radius 3 is 3.00 bits per heavy atom. The topological polar surface area (TPSA) is 55.3 Å². The van der Waals surface area contributed by atoms with Gasteiger partial charge < -0.3 is 9.64 Å². The Hall–Kier alpha value is -2.50. The molecule has 1 aromatic heterocycles. The van der Waals surface area contributed by atoms with Crippen molar-refractivity contribution in [2.24, 2.45) is 0 Å². The number of likely N-dealkylation sites (tertiary alicyclic amines) is 1. The highest BCUT2D eigenvalue weighted by Crippen LogP contribution is 2.36. The van der Waals surface area contributed by atoms with E-state index in [2.05, 4.69) is 9.97 Å². The van der Waals surface area contributed by atoms with Gasteiger partial charge in [0.05, 0.1) is 5.54 Å². The molecule has 1 aromatic carbocycles. The van der Waals surface area contributed by atoms with Crippen LogP contribution in [0.5, 0.6) is 5.75 Å². The van der Waals surface area contributed by atoms with E-state index in [-0.39, 0.29) is 18.3 Å². The van der Waals surface area contributed by atoms with Gasteiger partial charge in [-0.15, -0.1) is 0 Å². The summed E-state index contributed by atoms with van der Waals surface area (Å²) >= 11 is 0. The van der Waals surface area contributed by atoms with Crippen LogP contribution >= 0.6 is 0 Å². The molecular weight excluding hydrogens is 309 g/mol. The smallest absolute Gasteiger partial charge is 0.261 e. The van der Waals surface area contributed by atoms with E-state index in [4.69, 9.17) is 4.74 Å². The van der Waals surface area contributed by atoms with E-state index in [1.807, 2.05) is 19.9 Å². The summed E-state index contributed by atoms with van der Waals surface area (Å²) in [7, 11) is 0. The highest BCUT2D eigenvalue weighted by atomic mass is 19.1. The molecule has 0 unspecified atom stereocenters. The zero-order valence-corrected chi connectivity index (χ0v) is 13.8. The summed E-state index contributed by atoms with van der Waals surface area (Å²) < 4.78 is 18.6. The first-order valence-electron chi connectivity index (χ1n) is 7.98. The number of rotatable bonds is 4. The second kappa shape index (κ2) is 6.55. The molecule has 1 saturated heterocycles. The lowest BCUT2D eigenvalue weighted by atomic mass is 9.97. The Balaban J connectivity index is 1.74. The number of amides is 1. The largest absolute Gasteiger partial charge is 0.484 e. The summed E-state index contributed by atoms with van der Waals surface area (Å²) in [5.74, 6) is 0.457. The van der Waals surface area contributed by atoms with Crippen molar-refractivity contribution in [3.63, 3.8) is 0 Å². The predicted octanol–water partition coefficient (Wildman–Crippen LogP) is 2.84. The second-order valence-electron chi connectivity index (χ2n) is 6.19. The number of hydrogen-bond donors (Lipinski definition) is 0. The minimum Gasteiger partial charge on any atom is -0.484 e. The van der Waals surface area contributed by atoms with Crippen LogP contribution < -0.4 is 4.74 Å². The molecule has 0 N–H and O–H groups in total. The molecule has 0 spiro atoms. The van der Waals surface area contributed by atoms with Gasteiger partial charge in [0.2, 0.25) is 0 Å². The lowest BCUT2D eigenvalue weighted by Crippen LogP contribution is -2.46. The monoisotopic (exact) mass is 329 g/mol. The summed E-state index contributed by atoms with van der Waals surface area (Å²) in [6.45, 7) is 4.39. The van der Waals surface area contributed by atoms with Gasteiger partial charge in [0, 0.05) is 24.5 Å². The Morgan fingerprint density at radius 1 is 1.42 bits per heavy atom. The molecule has 1 atom stereocenters. The highest BCUT2D eigenvalue weighted by molar-refractivity contribution is 5.79. The third kappa shape index (κ3) is 3.22. The molecule has 0 radical (unpaired) electrons. The minimum atomic E-state index is -0.533. The maximum Gasteiger partial charge on any atom is 0.261 e. The summed E-state index contributed by atoms with van der Waals surface area (Å²) in [6, 6.07) is 7.61. The van der Waals surface area contributed by atoms with Gasteiger partial charge in [-0.3, -0.25) is 4.79 Å². The van der Waals surface area contributed by atoms with Crippen LogP contribution in [0.25, 0.3) is 0 Å². The molecule has 1 aliphatic rings. The standard InChI is InChI=1S/C18H20FN3O2/c1-13-7-9-20-17(21-13)18(2)8-4-10-22(18)16(23)12-24-15-6-3-5-14(19)11-15/h3,5-7,9,11H,4,8,10,12H2,1-2H3/t18-/m0/s1. The summed E-state index contributed by atoms with van der Waals surface area (Å²) in [6.07, 6.45) is 3.41. The Bertz CT molecular complexity index is 753. The van der Waals surface area contributed by atoms with Crippen molar-refractivity contribution >= 4 is 5.91 Å². The summed E-state index contributed by atoms with van der Waals surface area (Å²) in [4.78, 5) is 23.2. The number of nitrogens with zero attached hydrogens (tertiary/aromatic N) is 3. The number of halogens is 1. The molecule has 126 valence electrons. The van der Waals surface area contributed by atoms with Gasteiger partial charge in [-0.05, 0) is 44.9 Å². The van der Waals surface area contributed by atoms with Crippen molar-refractivity contribution in [3.05, 3.63) is 53.9 Å². The maximum atomic E-state index is 13.2. The van der Waals surface area contributed by atoms with E-state index in [1.54, 1.807) is 23.2 Å². The average Bonchev–Trinajstić information content (AvgIpc) is 2.96. The number of aromatic nitrogens is 2. The van der Waals surface area contributed by atoms with Gasteiger partial charge in [-0.2, -0.15) is 0 Å². The molecular formula is C18H20FN3O2. The normalized spacial score (nSPS) is 20.2. The molecule has 2 aromatic rings. The summed E-state index contributed by atoms with van der Waals surface area (Å²) in [5, 5.41) is 0. The quantitative estimate of drug-likeness (QED) is 0.865. The highest BCUT2D eigenvalue weighted by Gasteiger charge is 2.43. The number of carbonyl (C=O) groups is 1. The van der Waals surface area contributed by atoms with Gasteiger partial charge in [-0.25, -0.2) is 14.4 Å². The van der Waals surface area contributed by atoms with Crippen LogP contribution in [0.2, 0.25) is 0 Å². The fourth-order valence-electron chi connectivity index (χ4n) is 3.08. The number of hydrogen-bond acceptors (Lipinski definition) is 4. The molecule has 1 amide bonds. The molecule has 0 aliphatic carbocycles. The first kappa shape index (κ1) is 16.4. The van der Waals surface area contributed by atoms with E-state index in [9.17, 15) is 9.18 Å². The number of ether oxygens (including phenoxy) is 1. The Labute approximate surface area is 140 Å². The van der Waals surface area contributed by atoms with Crippen LogP contribution in [0.15, 0.2) is 36.5 Å². The molecule has 1 aliphatic heterocycles. The van der Waals surface area contributed by atoms with Crippen molar-refractivity contribution in [2.75, 3.05) is 13.2 Å². The third-order valence-corrected chi connectivity index (χ3v) is 4.38. The third-order valence-electron chi connectivity index (χ3n) is 4.38. The van der Waals surface area contributed by atoms with Gasteiger partial charge in [0.15, 0.2) is 12.4 Å². The van der Waals surface area contributed by atoms with Crippen LogP contribution in [-0.4, -0.2) is 33.9 Å². The van der Waals surface area contributed by atoms with Gasteiger partial charge in [0.1, 0.15) is 11.6 Å². The van der Waals surface area contributed by atoms with Crippen molar-refractivity contribution < 1.29 is 13.9 Å². The SMILES string of the molecule is Cc1ccnc([C@]2(C)CCCN2C(=O)COc2cccc(F)c2)n1. The molecule has 3 rings (SSSR count). The van der Waals surface area contributed by atoms with E-state index >= 15 is 0 Å². The van der Waals surface area contributed by atoms with E-state index in [0.717, 1.165) is 18.5 Å². The van der Waals surface area contributed by atoms with E-state index < -0.39 is 5.54 Å². The van der Waals surface area contributed by atoms with E-state index in [0.29, 0.717) is 18.1 Å². The van der Waals surface area contributed by atoms with Gasteiger partial charge in [0.25, 0.3) is 5.91 Å². The van der Waals surface area contributed by atoms with Crippen LogP contribution in [0.3, 0.4) is 0 Å².